The molecule has 2 N–H and O–H groups in total. The largest absolute Gasteiger partial charge is 0.491 e. The third-order valence-electron chi connectivity index (χ3n) is 3.74. The van der Waals surface area contributed by atoms with E-state index in [-0.39, 0.29) is 5.97 Å². The summed E-state index contributed by atoms with van der Waals surface area (Å²) in [7, 11) is 1.72. The van der Waals surface area contributed by atoms with E-state index in [4.69, 9.17) is 14.2 Å². The Morgan fingerprint density at radius 3 is 2.67 bits per heavy atom. The SMILES string of the molecule is CCOCCOc1cc(C)ccc1CNC(=NC)NCCCC(=O)OCC. The summed E-state index contributed by atoms with van der Waals surface area (Å²) in [5.74, 6) is 1.36. The Balaban J connectivity index is 2.46. The van der Waals surface area contributed by atoms with E-state index in [9.17, 15) is 4.79 Å². The van der Waals surface area contributed by atoms with Crippen LogP contribution in [0.2, 0.25) is 0 Å². The first-order valence-electron chi connectivity index (χ1n) is 9.50. The van der Waals surface area contributed by atoms with Crippen LogP contribution in [0.1, 0.15) is 37.8 Å². The Bertz CT molecular complexity index is 591. The van der Waals surface area contributed by atoms with Crippen LogP contribution in [0, 0.1) is 6.92 Å². The minimum atomic E-state index is -0.171. The van der Waals surface area contributed by atoms with Crippen LogP contribution in [0.15, 0.2) is 23.2 Å². The van der Waals surface area contributed by atoms with Crippen LogP contribution in [-0.2, 0) is 20.8 Å². The third-order valence-corrected chi connectivity index (χ3v) is 3.74. The van der Waals surface area contributed by atoms with Gasteiger partial charge in [0.15, 0.2) is 5.96 Å². The number of aryl methyl sites for hydroxylation is 1. The van der Waals surface area contributed by atoms with Gasteiger partial charge in [-0.15, -0.1) is 0 Å². The van der Waals surface area contributed by atoms with Crippen LogP contribution in [0.4, 0.5) is 0 Å². The average Bonchev–Trinajstić information content (AvgIpc) is 2.66. The van der Waals surface area contributed by atoms with Gasteiger partial charge >= 0.3 is 5.97 Å². The van der Waals surface area contributed by atoms with E-state index in [0.717, 1.165) is 16.9 Å². The van der Waals surface area contributed by atoms with Crippen molar-refractivity contribution in [2.45, 2.75) is 40.2 Å². The molecule has 0 fully saturated rings. The number of carbonyl (C=O) groups excluding carboxylic acids is 1. The van der Waals surface area contributed by atoms with Gasteiger partial charge in [0, 0.05) is 38.7 Å². The summed E-state index contributed by atoms with van der Waals surface area (Å²) in [6.45, 7) is 9.23. The van der Waals surface area contributed by atoms with Gasteiger partial charge < -0.3 is 24.8 Å². The lowest BCUT2D eigenvalue weighted by Gasteiger charge is -2.15. The Labute approximate surface area is 162 Å². The molecule has 1 rings (SSSR count). The van der Waals surface area contributed by atoms with Crippen molar-refractivity contribution in [1.29, 1.82) is 0 Å². The van der Waals surface area contributed by atoms with E-state index < -0.39 is 0 Å². The first-order chi connectivity index (χ1) is 13.1. The highest BCUT2D eigenvalue weighted by atomic mass is 16.5. The molecule has 152 valence electrons. The van der Waals surface area contributed by atoms with Gasteiger partial charge in [-0.3, -0.25) is 9.79 Å². The Kier molecular flexibility index (Phi) is 11.7. The molecule has 27 heavy (non-hydrogen) atoms. The molecule has 0 unspecified atom stereocenters. The molecule has 1 aromatic rings. The van der Waals surface area contributed by atoms with Gasteiger partial charge in [-0.2, -0.15) is 0 Å². The molecule has 0 bridgehead atoms. The van der Waals surface area contributed by atoms with Crippen molar-refractivity contribution in [2.24, 2.45) is 4.99 Å². The number of esters is 1. The fraction of sp³-hybridized carbons (Fsp3) is 0.600. The van der Waals surface area contributed by atoms with E-state index >= 15 is 0 Å². The zero-order valence-corrected chi connectivity index (χ0v) is 17.0. The van der Waals surface area contributed by atoms with Gasteiger partial charge in [0.25, 0.3) is 0 Å². The normalized spacial score (nSPS) is 11.2. The molecule has 0 spiro atoms. The molecule has 0 aliphatic rings. The second kappa shape index (κ2) is 13.9. The molecular weight excluding hydrogens is 346 g/mol. The molecule has 0 radical (unpaired) electrons. The van der Waals surface area contributed by atoms with Crippen molar-refractivity contribution in [3.05, 3.63) is 29.3 Å². The van der Waals surface area contributed by atoms with E-state index in [2.05, 4.69) is 21.7 Å². The summed E-state index contributed by atoms with van der Waals surface area (Å²) in [6, 6.07) is 6.13. The van der Waals surface area contributed by atoms with Gasteiger partial charge in [0.2, 0.25) is 0 Å². The second-order valence-corrected chi connectivity index (χ2v) is 5.92. The summed E-state index contributed by atoms with van der Waals surface area (Å²) in [6.07, 6.45) is 1.09. The lowest BCUT2D eigenvalue weighted by Crippen LogP contribution is -2.37. The molecule has 0 aliphatic carbocycles. The highest BCUT2D eigenvalue weighted by molar-refractivity contribution is 5.79. The number of hydrogen-bond acceptors (Lipinski definition) is 5. The zero-order valence-electron chi connectivity index (χ0n) is 17.0. The number of carbonyl (C=O) groups is 1. The van der Waals surface area contributed by atoms with E-state index in [1.54, 1.807) is 7.05 Å². The molecule has 0 heterocycles. The van der Waals surface area contributed by atoms with Gasteiger partial charge in [0.1, 0.15) is 12.4 Å². The van der Waals surface area contributed by atoms with Crippen molar-refractivity contribution in [1.82, 2.24) is 10.6 Å². The van der Waals surface area contributed by atoms with E-state index in [1.807, 2.05) is 32.9 Å². The fourth-order valence-corrected chi connectivity index (χ4v) is 2.37. The number of guanidine groups is 1. The van der Waals surface area contributed by atoms with Crippen LogP contribution < -0.4 is 15.4 Å². The number of rotatable bonds is 12. The quantitative estimate of drug-likeness (QED) is 0.251. The average molecular weight is 380 g/mol. The first-order valence-corrected chi connectivity index (χ1v) is 9.50. The smallest absolute Gasteiger partial charge is 0.305 e. The summed E-state index contributed by atoms with van der Waals surface area (Å²) in [5, 5.41) is 6.47. The van der Waals surface area contributed by atoms with Crippen LogP contribution in [-0.4, -0.2) is 51.9 Å². The lowest BCUT2D eigenvalue weighted by atomic mass is 10.1. The number of hydrogen-bond donors (Lipinski definition) is 2. The molecule has 7 heteroatoms. The van der Waals surface area contributed by atoms with Crippen LogP contribution in [0.3, 0.4) is 0 Å². The number of nitrogens with one attached hydrogen (secondary N) is 2. The zero-order chi connectivity index (χ0) is 19.9. The Hall–Kier alpha value is -2.28. The predicted molar refractivity (Wildman–Crippen MR) is 107 cm³/mol. The van der Waals surface area contributed by atoms with Crippen LogP contribution >= 0.6 is 0 Å². The van der Waals surface area contributed by atoms with Crippen molar-refractivity contribution in [3.63, 3.8) is 0 Å². The minimum absolute atomic E-state index is 0.171. The van der Waals surface area contributed by atoms with E-state index in [1.165, 1.54) is 0 Å². The highest BCUT2D eigenvalue weighted by Gasteiger charge is 2.07. The second-order valence-electron chi connectivity index (χ2n) is 5.92. The molecule has 1 aromatic carbocycles. The van der Waals surface area contributed by atoms with Crippen molar-refractivity contribution in [2.75, 3.05) is 40.0 Å². The molecule has 0 atom stereocenters. The Morgan fingerprint density at radius 2 is 1.96 bits per heavy atom. The van der Waals surface area contributed by atoms with Crippen molar-refractivity contribution >= 4 is 11.9 Å². The fourth-order valence-electron chi connectivity index (χ4n) is 2.37. The molecular formula is C20H33N3O4. The maximum absolute atomic E-state index is 11.3. The van der Waals surface area contributed by atoms with Gasteiger partial charge in [-0.25, -0.2) is 0 Å². The number of aliphatic imine (C=N–C) groups is 1. The maximum Gasteiger partial charge on any atom is 0.305 e. The summed E-state index contributed by atoms with van der Waals surface area (Å²) < 4.78 is 16.1. The van der Waals surface area contributed by atoms with Crippen LogP contribution in [0.5, 0.6) is 5.75 Å². The molecule has 0 aliphatic heterocycles. The summed E-state index contributed by atoms with van der Waals surface area (Å²) in [5.41, 5.74) is 2.19. The minimum Gasteiger partial charge on any atom is -0.491 e. The van der Waals surface area contributed by atoms with Crippen LogP contribution in [0.25, 0.3) is 0 Å². The van der Waals surface area contributed by atoms with Gasteiger partial charge in [-0.05, 0) is 38.8 Å². The number of nitrogens with zero attached hydrogens (tertiary/aromatic N) is 1. The monoisotopic (exact) mass is 379 g/mol. The topological polar surface area (TPSA) is 81.2 Å². The number of ether oxygens (including phenoxy) is 3. The summed E-state index contributed by atoms with van der Waals surface area (Å²) in [4.78, 5) is 15.5. The molecule has 0 aromatic heterocycles. The predicted octanol–water partition coefficient (Wildman–Crippen LogP) is 2.42. The Morgan fingerprint density at radius 1 is 1.15 bits per heavy atom. The molecule has 7 nitrogen and oxygen atoms in total. The molecule has 0 saturated carbocycles. The highest BCUT2D eigenvalue weighted by Crippen LogP contribution is 2.20. The standard InChI is InChI=1S/C20H33N3O4/c1-5-25-12-13-27-18-14-16(3)9-10-17(18)15-23-20(21-4)22-11-7-8-19(24)26-6-2/h9-10,14H,5-8,11-13,15H2,1-4H3,(H2,21,22,23). The molecule has 0 amide bonds. The van der Waals surface area contributed by atoms with Gasteiger partial charge in [0.05, 0.1) is 13.2 Å². The van der Waals surface area contributed by atoms with Gasteiger partial charge in [-0.1, -0.05) is 12.1 Å². The molecule has 0 saturated heterocycles. The maximum atomic E-state index is 11.3. The first kappa shape index (κ1) is 22.8. The van der Waals surface area contributed by atoms with Crippen molar-refractivity contribution < 1.29 is 19.0 Å². The van der Waals surface area contributed by atoms with Crippen molar-refractivity contribution in [3.8, 4) is 5.75 Å². The third kappa shape index (κ3) is 9.84. The number of benzene rings is 1. The van der Waals surface area contributed by atoms with E-state index in [0.29, 0.717) is 58.3 Å². The lowest BCUT2D eigenvalue weighted by molar-refractivity contribution is -0.143. The summed E-state index contributed by atoms with van der Waals surface area (Å²) >= 11 is 0.